The molecule has 2 rings (SSSR count). The van der Waals surface area contributed by atoms with E-state index in [1.807, 2.05) is 0 Å². The van der Waals surface area contributed by atoms with Gasteiger partial charge in [0.1, 0.15) is 11.7 Å². The Morgan fingerprint density at radius 1 is 1.50 bits per heavy atom. The van der Waals surface area contributed by atoms with Crippen LogP contribution in [0.4, 0.5) is 4.39 Å². The lowest BCUT2D eigenvalue weighted by molar-refractivity contribution is 0.182. The van der Waals surface area contributed by atoms with Gasteiger partial charge in [-0.15, -0.1) is 0 Å². The number of nitrogens with zero attached hydrogens (tertiary/aromatic N) is 1. The second-order valence-corrected chi connectivity index (χ2v) is 4.62. The Kier molecular flexibility index (Phi) is 3.93. The molecular formula is C13H18FN3O. The quantitative estimate of drug-likeness (QED) is 0.523. The molecule has 4 N–H and O–H groups in total. The van der Waals surface area contributed by atoms with E-state index in [0.29, 0.717) is 24.7 Å². The van der Waals surface area contributed by atoms with Crippen LogP contribution in [0, 0.1) is 11.2 Å². The van der Waals surface area contributed by atoms with Gasteiger partial charge in [-0.1, -0.05) is 12.1 Å². The lowest BCUT2D eigenvalue weighted by atomic mass is 10.1. The third-order valence-electron chi connectivity index (χ3n) is 3.19. The van der Waals surface area contributed by atoms with Crippen LogP contribution < -0.4 is 5.73 Å². The first-order valence-corrected chi connectivity index (χ1v) is 6.10. The van der Waals surface area contributed by atoms with Crippen molar-refractivity contribution in [3.63, 3.8) is 0 Å². The zero-order valence-electron chi connectivity index (χ0n) is 10.2. The zero-order chi connectivity index (χ0) is 13.1. The molecule has 1 aliphatic carbocycles. The Morgan fingerprint density at radius 2 is 2.22 bits per heavy atom. The molecule has 0 heterocycles. The highest BCUT2D eigenvalue weighted by Crippen LogP contribution is 2.28. The first-order valence-electron chi connectivity index (χ1n) is 6.10. The highest BCUT2D eigenvalue weighted by atomic mass is 19.1. The molecule has 1 aromatic rings. The van der Waals surface area contributed by atoms with Crippen molar-refractivity contribution in [1.29, 1.82) is 5.41 Å². The minimum Gasteiger partial charge on any atom is -0.395 e. The summed E-state index contributed by atoms with van der Waals surface area (Å²) in [6.07, 6.45) is 2.21. The molecule has 1 aliphatic rings. The highest BCUT2D eigenvalue weighted by Gasteiger charge is 2.29. The van der Waals surface area contributed by atoms with Gasteiger partial charge in [0.15, 0.2) is 0 Å². The fourth-order valence-corrected chi connectivity index (χ4v) is 2.09. The molecule has 0 amide bonds. The monoisotopic (exact) mass is 251 g/mol. The third-order valence-corrected chi connectivity index (χ3v) is 3.19. The van der Waals surface area contributed by atoms with E-state index < -0.39 is 5.82 Å². The SMILES string of the molecule is N=C(N)c1cccc(CN(CCO)C2CC2)c1F. The first kappa shape index (κ1) is 13.0. The minimum atomic E-state index is -0.423. The minimum absolute atomic E-state index is 0.0739. The summed E-state index contributed by atoms with van der Waals surface area (Å²) in [5.74, 6) is -0.678. The molecule has 1 saturated carbocycles. The van der Waals surface area contributed by atoms with E-state index in [-0.39, 0.29) is 18.0 Å². The number of hydrogen-bond acceptors (Lipinski definition) is 3. The van der Waals surface area contributed by atoms with Gasteiger partial charge < -0.3 is 10.8 Å². The molecular weight excluding hydrogens is 233 g/mol. The molecule has 0 aliphatic heterocycles. The maximum Gasteiger partial charge on any atom is 0.138 e. The molecule has 0 aromatic heterocycles. The molecule has 98 valence electrons. The number of halogens is 1. The normalized spacial score (nSPS) is 15.1. The Bertz CT molecular complexity index is 446. The summed E-state index contributed by atoms with van der Waals surface area (Å²) in [5.41, 5.74) is 6.01. The van der Waals surface area contributed by atoms with E-state index in [1.54, 1.807) is 12.1 Å². The van der Waals surface area contributed by atoms with Crippen LogP contribution in [-0.2, 0) is 6.54 Å². The number of nitrogen functional groups attached to an aromatic ring is 1. The molecule has 0 bridgehead atoms. The van der Waals surface area contributed by atoms with Crippen molar-refractivity contribution in [2.75, 3.05) is 13.2 Å². The van der Waals surface area contributed by atoms with Crippen molar-refractivity contribution in [1.82, 2.24) is 4.90 Å². The topological polar surface area (TPSA) is 73.3 Å². The van der Waals surface area contributed by atoms with Gasteiger partial charge in [0.25, 0.3) is 0 Å². The molecule has 0 unspecified atom stereocenters. The van der Waals surface area contributed by atoms with E-state index in [1.165, 1.54) is 6.07 Å². The Labute approximate surface area is 106 Å². The summed E-state index contributed by atoms with van der Waals surface area (Å²) in [6.45, 7) is 1.08. The van der Waals surface area contributed by atoms with Gasteiger partial charge in [0, 0.05) is 24.7 Å². The smallest absolute Gasteiger partial charge is 0.138 e. The summed E-state index contributed by atoms with van der Waals surface area (Å²) < 4.78 is 14.1. The van der Waals surface area contributed by atoms with E-state index in [9.17, 15) is 4.39 Å². The van der Waals surface area contributed by atoms with Crippen LogP contribution in [0.3, 0.4) is 0 Å². The number of hydrogen-bond donors (Lipinski definition) is 3. The molecule has 0 radical (unpaired) electrons. The Balaban J connectivity index is 2.17. The van der Waals surface area contributed by atoms with Crippen molar-refractivity contribution in [3.05, 3.63) is 35.1 Å². The van der Waals surface area contributed by atoms with Crippen LogP contribution in [0.1, 0.15) is 24.0 Å². The van der Waals surface area contributed by atoms with Gasteiger partial charge in [0.2, 0.25) is 0 Å². The van der Waals surface area contributed by atoms with Crippen LogP contribution in [-0.4, -0.2) is 35.0 Å². The van der Waals surface area contributed by atoms with Crippen molar-refractivity contribution in [2.24, 2.45) is 5.73 Å². The second kappa shape index (κ2) is 5.46. The van der Waals surface area contributed by atoms with Gasteiger partial charge in [-0.3, -0.25) is 10.3 Å². The summed E-state index contributed by atoms with van der Waals surface area (Å²) in [5, 5.41) is 16.3. The number of benzene rings is 1. The lowest BCUT2D eigenvalue weighted by Crippen LogP contribution is -2.29. The van der Waals surface area contributed by atoms with Crippen LogP contribution in [0.25, 0.3) is 0 Å². The molecule has 1 aromatic carbocycles. The third kappa shape index (κ3) is 2.86. The van der Waals surface area contributed by atoms with Crippen molar-refractivity contribution in [2.45, 2.75) is 25.4 Å². The number of aliphatic hydroxyl groups is 1. The van der Waals surface area contributed by atoms with E-state index in [4.69, 9.17) is 16.2 Å². The summed E-state index contributed by atoms with van der Waals surface area (Å²) >= 11 is 0. The molecule has 0 spiro atoms. The van der Waals surface area contributed by atoms with Gasteiger partial charge in [-0.25, -0.2) is 4.39 Å². The number of aliphatic hydroxyl groups excluding tert-OH is 1. The number of rotatable bonds is 6. The maximum atomic E-state index is 14.1. The van der Waals surface area contributed by atoms with Crippen molar-refractivity contribution < 1.29 is 9.50 Å². The highest BCUT2D eigenvalue weighted by molar-refractivity contribution is 5.95. The predicted molar refractivity (Wildman–Crippen MR) is 67.9 cm³/mol. The molecule has 5 heteroatoms. The maximum absolute atomic E-state index is 14.1. The average molecular weight is 251 g/mol. The van der Waals surface area contributed by atoms with Crippen LogP contribution in [0.5, 0.6) is 0 Å². The van der Waals surface area contributed by atoms with Crippen molar-refractivity contribution >= 4 is 5.84 Å². The van der Waals surface area contributed by atoms with Crippen LogP contribution >= 0.6 is 0 Å². The predicted octanol–water partition coefficient (Wildman–Crippen LogP) is 1.07. The summed E-state index contributed by atoms with van der Waals surface area (Å²) in [7, 11) is 0. The molecule has 1 fully saturated rings. The fourth-order valence-electron chi connectivity index (χ4n) is 2.09. The first-order chi connectivity index (χ1) is 8.63. The fraction of sp³-hybridized carbons (Fsp3) is 0.462. The number of nitrogens with two attached hydrogens (primary N) is 1. The van der Waals surface area contributed by atoms with E-state index in [0.717, 1.165) is 12.8 Å². The summed E-state index contributed by atoms with van der Waals surface area (Å²) in [6, 6.07) is 5.38. The lowest BCUT2D eigenvalue weighted by Gasteiger charge is -2.21. The van der Waals surface area contributed by atoms with Crippen molar-refractivity contribution in [3.8, 4) is 0 Å². The molecule has 0 saturated heterocycles. The van der Waals surface area contributed by atoms with Crippen LogP contribution in [0.2, 0.25) is 0 Å². The Morgan fingerprint density at radius 3 is 2.78 bits per heavy atom. The second-order valence-electron chi connectivity index (χ2n) is 4.62. The zero-order valence-corrected chi connectivity index (χ0v) is 10.2. The largest absolute Gasteiger partial charge is 0.395 e. The van der Waals surface area contributed by atoms with E-state index in [2.05, 4.69) is 4.90 Å². The number of amidine groups is 1. The molecule has 0 atom stereocenters. The Hall–Kier alpha value is -1.46. The summed E-state index contributed by atoms with van der Waals surface area (Å²) in [4.78, 5) is 2.07. The standard InChI is InChI=1S/C13H18FN3O/c14-12-9(2-1-3-11(12)13(15)16)8-17(6-7-18)10-4-5-10/h1-3,10,18H,4-8H2,(H3,15,16). The van der Waals surface area contributed by atoms with Gasteiger partial charge in [-0.05, 0) is 18.9 Å². The van der Waals surface area contributed by atoms with E-state index >= 15 is 0 Å². The van der Waals surface area contributed by atoms with Gasteiger partial charge >= 0.3 is 0 Å². The molecule has 18 heavy (non-hydrogen) atoms. The average Bonchev–Trinajstić information content (AvgIpc) is 3.14. The molecule has 4 nitrogen and oxygen atoms in total. The van der Waals surface area contributed by atoms with Gasteiger partial charge in [0.05, 0.1) is 12.2 Å². The van der Waals surface area contributed by atoms with Crippen LogP contribution in [0.15, 0.2) is 18.2 Å². The van der Waals surface area contributed by atoms with Gasteiger partial charge in [-0.2, -0.15) is 0 Å². The number of nitrogens with one attached hydrogen (secondary N) is 1.